The van der Waals surface area contributed by atoms with Crippen LogP contribution >= 0.6 is 0 Å². The van der Waals surface area contributed by atoms with Gasteiger partial charge in [0.25, 0.3) is 5.91 Å². The summed E-state index contributed by atoms with van der Waals surface area (Å²) < 4.78 is 3.41. The van der Waals surface area contributed by atoms with Crippen molar-refractivity contribution in [3.05, 3.63) is 48.7 Å². The van der Waals surface area contributed by atoms with Crippen molar-refractivity contribution in [3.8, 4) is 0 Å². The van der Waals surface area contributed by atoms with Crippen molar-refractivity contribution in [1.82, 2.24) is 29.3 Å². The van der Waals surface area contributed by atoms with Crippen LogP contribution in [0.1, 0.15) is 17.4 Å². The van der Waals surface area contributed by atoms with Crippen molar-refractivity contribution in [1.29, 1.82) is 0 Å². The Morgan fingerprint density at radius 3 is 2.86 bits per heavy atom. The first-order chi connectivity index (χ1) is 10.3. The fraction of sp³-hybridized carbons (Fsp3) is 0.286. The van der Waals surface area contributed by atoms with Gasteiger partial charge >= 0.3 is 0 Å². The summed E-state index contributed by atoms with van der Waals surface area (Å²) in [6.07, 6.45) is 7.07. The van der Waals surface area contributed by atoms with Crippen LogP contribution in [0, 0.1) is 0 Å². The third-order valence-electron chi connectivity index (χ3n) is 3.28. The van der Waals surface area contributed by atoms with Gasteiger partial charge in [-0.15, -0.1) is 0 Å². The zero-order chi connectivity index (χ0) is 14.7. The largest absolute Gasteiger partial charge is 0.336 e. The summed E-state index contributed by atoms with van der Waals surface area (Å²) in [5, 5.41) is 8.41. The maximum atomic E-state index is 12.5. The molecule has 0 aliphatic rings. The fourth-order valence-electron chi connectivity index (χ4n) is 2.16. The van der Waals surface area contributed by atoms with E-state index in [2.05, 4.69) is 15.2 Å². The van der Waals surface area contributed by atoms with E-state index in [1.807, 2.05) is 19.2 Å². The Kier molecular flexibility index (Phi) is 3.63. The van der Waals surface area contributed by atoms with E-state index in [1.54, 1.807) is 44.8 Å². The second-order valence-corrected chi connectivity index (χ2v) is 4.61. The second-order valence-electron chi connectivity index (χ2n) is 4.61. The van der Waals surface area contributed by atoms with Gasteiger partial charge in [0.1, 0.15) is 0 Å². The van der Waals surface area contributed by atoms with Crippen molar-refractivity contribution in [2.45, 2.75) is 13.5 Å². The molecule has 7 nitrogen and oxygen atoms in total. The molecule has 0 aliphatic heterocycles. The number of likely N-dealkylation sites (N-methyl/N-ethyl adjacent to an activating group) is 1. The molecule has 21 heavy (non-hydrogen) atoms. The summed E-state index contributed by atoms with van der Waals surface area (Å²) >= 11 is 0. The van der Waals surface area contributed by atoms with Crippen LogP contribution in [0.4, 0.5) is 0 Å². The number of fused-ring (bicyclic) bond motifs is 1. The number of hydrogen-bond donors (Lipinski definition) is 0. The standard InChI is InChI=1S/C14H16N6O/c1-2-18(9-10-19-7-4-6-16-19)14(21)12-11-13-15-5-3-8-20(13)17-12/h3-8,11H,2,9-10H2,1H3. The lowest BCUT2D eigenvalue weighted by Crippen LogP contribution is -2.34. The Labute approximate surface area is 121 Å². The highest BCUT2D eigenvalue weighted by atomic mass is 16.2. The van der Waals surface area contributed by atoms with Crippen molar-refractivity contribution in [3.63, 3.8) is 0 Å². The van der Waals surface area contributed by atoms with Crippen LogP contribution in [0.3, 0.4) is 0 Å². The molecule has 0 saturated heterocycles. The number of nitrogens with zero attached hydrogens (tertiary/aromatic N) is 6. The second kappa shape index (κ2) is 5.74. The number of rotatable bonds is 5. The third-order valence-corrected chi connectivity index (χ3v) is 3.28. The monoisotopic (exact) mass is 284 g/mol. The Balaban J connectivity index is 1.74. The normalized spacial score (nSPS) is 10.9. The van der Waals surface area contributed by atoms with E-state index < -0.39 is 0 Å². The van der Waals surface area contributed by atoms with E-state index in [0.717, 1.165) is 0 Å². The summed E-state index contributed by atoms with van der Waals surface area (Å²) in [5.74, 6) is -0.0878. The lowest BCUT2D eigenvalue weighted by atomic mass is 10.3. The topological polar surface area (TPSA) is 68.3 Å². The molecule has 0 aromatic carbocycles. The number of amides is 1. The highest BCUT2D eigenvalue weighted by molar-refractivity contribution is 5.93. The van der Waals surface area contributed by atoms with E-state index in [1.165, 1.54) is 0 Å². The maximum Gasteiger partial charge on any atom is 0.274 e. The Hall–Kier alpha value is -2.70. The van der Waals surface area contributed by atoms with E-state index in [0.29, 0.717) is 31.0 Å². The van der Waals surface area contributed by atoms with E-state index >= 15 is 0 Å². The summed E-state index contributed by atoms with van der Waals surface area (Å²) in [6.45, 7) is 3.84. The van der Waals surface area contributed by atoms with Crippen LogP contribution < -0.4 is 0 Å². The van der Waals surface area contributed by atoms with Crippen molar-refractivity contribution in [2.24, 2.45) is 0 Å². The van der Waals surface area contributed by atoms with Crippen LogP contribution in [0.15, 0.2) is 43.0 Å². The minimum atomic E-state index is -0.0878. The molecule has 3 aromatic heterocycles. The molecule has 3 rings (SSSR count). The van der Waals surface area contributed by atoms with Gasteiger partial charge in [-0.2, -0.15) is 10.2 Å². The van der Waals surface area contributed by atoms with Crippen LogP contribution in [0.2, 0.25) is 0 Å². The minimum absolute atomic E-state index is 0.0878. The zero-order valence-electron chi connectivity index (χ0n) is 11.8. The molecule has 7 heteroatoms. The van der Waals surface area contributed by atoms with Crippen LogP contribution in [0.25, 0.3) is 5.65 Å². The molecule has 3 heterocycles. The van der Waals surface area contributed by atoms with Crippen LogP contribution in [-0.4, -0.2) is 48.3 Å². The number of hydrogen-bond acceptors (Lipinski definition) is 4. The minimum Gasteiger partial charge on any atom is -0.336 e. The molecular formula is C14H16N6O. The maximum absolute atomic E-state index is 12.5. The third kappa shape index (κ3) is 2.76. The lowest BCUT2D eigenvalue weighted by molar-refractivity contribution is 0.0751. The first-order valence-electron chi connectivity index (χ1n) is 6.85. The quantitative estimate of drug-likeness (QED) is 0.703. The van der Waals surface area contributed by atoms with Gasteiger partial charge in [-0.25, -0.2) is 9.50 Å². The summed E-state index contributed by atoms with van der Waals surface area (Å²) in [4.78, 5) is 18.4. The van der Waals surface area contributed by atoms with Gasteiger partial charge in [-0.05, 0) is 19.1 Å². The smallest absolute Gasteiger partial charge is 0.274 e. The molecule has 108 valence electrons. The van der Waals surface area contributed by atoms with Crippen LogP contribution in [-0.2, 0) is 6.54 Å². The van der Waals surface area contributed by atoms with E-state index in [-0.39, 0.29) is 5.91 Å². The average molecular weight is 284 g/mol. The molecule has 0 saturated carbocycles. The molecular weight excluding hydrogens is 268 g/mol. The van der Waals surface area contributed by atoms with Gasteiger partial charge in [0.2, 0.25) is 0 Å². The molecule has 0 aliphatic carbocycles. The van der Waals surface area contributed by atoms with Crippen molar-refractivity contribution >= 4 is 11.6 Å². The summed E-state index contributed by atoms with van der Waals surface area (Å²) in [7, 11) is 0. The Morgan fingerprint density at radius 1 is 1.29 bits per heavy atom. The predicted octanol–water partition coefficient (Wildman–Crippen LogP) is 1.09. The van der Waals surface area contributed by atoms with Gasteiger partial charge in [-0.3, -0.25) is 9.48 Å². The molecule has 0 N–H and O–H groups in total. The SMILES string of the molecule is CCN(CCn1cccn1)C(=O)c1cc2ncccn2n1. The summed E-state index contributed by atoms with van der Waals surface area (Å²) in [6, 6.07) is 5.36. The summed E-state index contributed by atoms with van der Waals surface area (Å²) in [5.41, 5.74) is 1.08. The number of carbonyl (C=O) groups excluding carboxylic acids is 1. The van der Waals surface area contributed by atoms with Gasteiger partial charge in [0, 0.05) is 43.9 Å². The van der Waals surface area contributed by atoms with Gasteiger partial charge in [-0.1, -0.05) is 0 Å². The van der Waals surface area contributed by atoms with E-state index in [9.17, 15) is 4.79 Å². The van der Waals surface area contributed by atoms with E-state index in [4.69, 9.17) is 0 Å². The first-order valence-corrected chi connectivity index (χ1v) is 6.85. The molecule has 0 atom stereocenters. The fourth-order valence-corrected chi connectivity index (χ4v) is 2.16. The molecule has 0 fully saturated rings. The highest BCUT2D eigenvalue weighted by Crippen LogP contribution is 2.07. The van der Waals surface area contributed by atoms with Gasteiger partial charge in [0.15, 0.2) is 11.3 Å². The predicted molar refractivity (Wildman–Crippen MR) is 76.8 cm³/mol. The number of aromatic nitrogens is 5. The van der Waals surface area contributed by atoms with Crippen molar-refractivity contribution < 1.29 is 4.79 Å². The zero-order valence-corrected chi connectivity index (χ0v) is 11.8. The molecule has 3 aromatic rings. The average Bonchev–Trinajstić information content (AvgIpc) is 3.16. The highest BCUT2D eigenvalue weighted by Gasteiger charge is 2.17. The van der Waals surface area contributed by atoms with Crippen LogP contribution in [0.5, 0.6) is 0 Å². The molecule has 0 unspecified atom stereocenters. The Morgan fingerprint density at radius 2 is 2.14 bits per heavy atom. The molecule has 1 amide bonds. The van der Waals surface area contributed by atoms with Crippen molar-refractivity contribution in [2.75, 3.05) is 13.1 Å². The van der Waals surface area contributed by atoms with Gasteiger partial charge in [0.05, 0.1) is 6.54 Å². The molecule has 0 radical (unpaired) electrons. The first kappa shape index (κ1) is 13.3. The van der Waals surface area contributed by atoms with Gasteiger partial charge < -0.3 is 4.90 Å². The lowest BCUT2D eigenvalue weighted by Gasteiger charge is -2.19. The Bertz CT molecular complexity index is 700. The number of carbonyl (C=O) groups is 1. The molecule has 0 spiro atoms. The molecule has 0 bridgehead atoms.